The van der Waals surface area contributed by atoms with Gasteiger partial charge in [0.2, 0.25) is 10.0 Å². The first-order valence-electron chi connectivity index (χ1n) is 8.45. The molecule has 7 heteroatoms. The van der Waals surface area contributed by atoms with Gasteiger partial charge in [-0.05, 0) is 31.9 Å². The lowest BCUT2D eigenvalue weighted by molar-refractivity contribution is 0.0766. The maximum absolute atomic E-state index is 12.6. The van der Waals surface area contributed by atoms with Gasteiger partial charge < -0.3 is 9.47 Å². The summed E-state index contributed by atoms with van der Waals surface area (Å²) < 4.78 is 29.6. The van der Waals surface area contributed by atoms with E-state index in [2.05, 4.69) is 4.72 Å². The average molecular weight is 361 g/mol. The molecule has 0 fully saturated rings. The van der Waals surface area contributed by atoms with E-state index in [4.69, 9.17) is 0 Å². The highest BCUT2D eigenvalue weighted by Gasteiger charge is 2.26. The van der Waals surface area contributed by atoms with Gasteiger partial charge in [-0.15, -0.1) is 0 Å². The van der Waals surface area contributed by atoms with Crippen LogP contribution in [0.25, 0.3) is 0 Å². The second kappa shape index (κ2) is 7.01. The van der Waals surface area contributed by atoms with E-state index in [0.717, 1.165) is 17.5 Å². The number of hydrogen-bond donors (Lipinski definition) is 1. The van der Waals surface area contributed by atoms with Crippen molar-refractivity contribution in [1.29, 1.82) is 0 Å². The van der Waals surface area contributed by atoms with Gasteiger partial charge in [0.1, 0.15) is 10.6 Å². The van der Waals surface area contributed by atoms with E-state index >= 15 is 0 Å². The summed E-state index contributed by atoms with van der Waals surface area (Å²) in [5, 5.41) is 0. The Hall–Kier alpha value is -2.12. The summed E-state index contributed by atoms with van der Waals surface area (Å²) in [6.45, 7) is 6.08. The normalized spacial score (nSPS) is 15.1. The monoisotopic (exact) mass is 361 g/mol. The van der Waals surface area contributed by atoms with Crippen molar-refractivity contribution in [2.75, 3.05) is 13.1 Å². The lowest BCUT2D eigenvalue weighted by atomic mass is 10.1. The van der Waals surface area contributed by atoms with E-state index in [9.17, 15) is 13.2 Å². The number of carbonyl (C=O) groups is 1. The number of rotatable bonds is 5. The number of aryl methyl sites for hydroxylation is 2. The SMILES string of the molecule is CCN1CCCn2cc(S(=O)(=O)NCc3cccc(C)c3)cc2C1=O. The third-order valence-corrected chi connectivity index (χ3v) is 5.81. The van der Waals surface area contributed by atoms with Gasteiger partial charge in [0.15, 0.2) is 0 Å². The van der Waals surface area contributed by atoms with Crippen LogP contribution < -0.4 is 4.72 Å². The molecule has 0 bridgehead atoms. The molecule has 1 aliphatic heterocycles. The van der Waals surface area contributed by atoms with Crippen molar-refractivity contribution < 1.29 is 13.2 Å². The number of nitrogens with zero attached hydrogens (tertiary/aromatic N) is 2. The van der Waals surface area contributed by atoms with Gasteiger partial charge in [-0.2, -0.15) is 0 Å². The molecule has 0 radical (unpaired) electrons. The molecule has 0 saturated heterocycles. The van der Waals surface area contributed by atoms with Crippen LogP contribution >= 0.6 is 0 Å². The molecule has 1 aromatic carbocycles. The molecular formula is C18H23N3O3S. The largest absolute Gasteiger partial charge is 0.342 e. The van der Waals surface area contributed by atoms with E-state index in [-0.39, 0.29) is 17.3 Å². The molecule has 1 N–H and O–H groups in total. The highest BCUT2D eigenvalue weighted by Crippen LogP contribution is 2.20. The quantitative estimate of drug-likeness (QED) is 0.887. The van der Waals surface area contributed by atoms with Crippen LogP contribution in [-0.2, 0) is 23.1 Å². The maximum Gasteiger partial charge on any atom is 0.270 e. The predicted octanol–water partition coefficient (Wildman–Crippen LogP) is 2.14. The lowest BCUT2D eigenvalue weighted by Gasteiger charge is -2.17. The second-order valence-electron chi connectivity index (χ2n) is 6.31. The number of carbonyl (C=O) groups excluding carboxylic acids is 1. The van der Waals surface area contributed by atoms with E-state index in [1.165, 1.54) is 6.07 Å². The van der Waals surface area contributed by atoms with Crippen molar-refractivity contribution in [3.8, 4) is 0 Å². The van der Waals surface area contributed by atoms with Gasteiger partial charge in [0.05, 0.1) is 0 Å². The molecule has 2 aromatic rings. The third kappa shape index (κ3) is 3.77. The first kappa shape index (κ1) is 17.7. The number of aromatic nitrogens is 1. The molecule has 0 saturated carbocycles. The number of benzene rings is 1. The van der Waals surface area contributed by atoms with Gasteiger partial charge >= 0.3 is 0 Å². The Morgan fingerprint density at radius 1 is 1.20 bits per heavy atom. The van der Waals surface area contributed by atoms with E-state index in [0.29, 0.717) is 25.3 Å². The first-order chi connectivity index (χ1) is 11.9. The molecule has 0 unspecified atom stereocenters. The van der Waals surface area contributed by atoms with E-state index in [1.54, 1.807) is 15.7 Å². The standard InChI is InChI=1S/C18H23N3O3S/c1-3-20-8-5-9-21-13-16(11-17(21)18(20)22)25(23,24)19-12-15-7-4-6-14(2)10-15/h4,6-7,10-11,13,19H,3,5,8-9,12H2,1-2H3. The number of amides is 1. The zero-order chi connectivity index (χ0) is 18.0. The van der Waals surface area contributed by atoms with Crippen molar-refractivity contribution in [2.45, 2.75) is 38.3 Å². The molecule has 0 spiro atoms. The molecular weight excluding hydrogens is 338 g/mol. The molecule has 134 valence electrons. The van der Waals surface area contributed by atoms with Crippen LogP contribution in [0.4, 0.5) is 0 Å². The van der Waals surface area contributed by atoms with Gasteiger partial charge in [-0.3, -0.25) is 4.79 Å². The predicted molar refractivity (Wildman–Crippen MR) is 95.8 cm³/mol. The third-order valence-electron chi connectivity index (χ3n) is 4.45. The zero-order valence-electron chi connectivity index (χ0n) is 14.5. The topological polar surface area (TPSA) is 71.4 Å². The average Bonchev–Trinajstić information content (AvgIpc) is 2.96. The first-order valence-corrected chi connectivity index (χ1v) is 9.93. The summed E-state index contributed by atoms with van der Waals surface area (Å²) in [5.41, 5.74) is 2.42. The lowest BCUT2D eigenvalue weighted by Crippen LogP contribution is -2.30. The van der Waals surface area contributed by atoms with Crippen LogP contribution in [0.2, 0.25) is 0 Å². The van der Waals surface area contributed by atoms with Gasteiger partial charge in [0.25, 0.3) is 5.91 Å². The fourth-order valence-electron chi connectivity index (χ4n) is 3.08. The molecule has 25 heavy (non-hydrogen) atoms. The van der Waals surface area contributed by atoms with Crippen molar-refractivity contribution in [2.24, 2.45) is 0 Å². The van der Waals surface area contributed by atoms with Crippen molar-refractivity contribution in [3.63, 3.8) is 0 Å². The maximum atomic E-state index is 12.6. The Labute approximate surface area is 148 Å². The van der Waals surface area contributed by atoms with Gasteiger partial charge in [-0.25, -0.2) is 13.1 Å². The summed E-state index contributed by atoms with van der Waals surface area (Å²) in [6.07, 6.45) is 2.38. The van der Waals surface area contributed by atoms with Crippen LogP contribution in [0.15, 0.2) is 41.4 Å². The van der Waals surface area contributed by atoms with Crippen molar-refractivity contribution >= 4 is 15.9 Å². The molecule has 1 aromatic heterocycles. The van der Waals surface area contributed by atoms with Crippen LogP contribution in [-0.4, -0.2) is 36.9 Å². The van der Waals surface area contributed by atoms with Gasteiger partial charge in [0, 0.05) is 32.4 Å². The molecule has 2 heterocycles. The van der Waals surface area contributed by atoms with E-state index in [1.807, 2.05) is 38.1 Å². The molecule has 0 atom stereocenters. The fraction of sp³-hybridized carbons (Fsp3) is 0.389. The van der Waals surface area contributed by atoms with Crippen LogP contribution in [0.5, 0.6) is 0 Å². The Morgan fingerprint density at radius 2 is 2.00 bits per heavy atom. The number of nitrogens with one attached hydrogen (secondary N) is 1. The number of fused-ring (bicyclic) bond motifs is 1. The second-order valence-corrected chi connectivity index (χ2v) is 8.07. The van der Waals surface area contributed by atoms with Crippen LogP contribution in [0, 0.1) is 6.92 Å². The highest BCUT2D eigenvalue weighted by molar-refractivity contribution is 7.89. The summed E-state index contributed by atoms with van der Waals surface area (Å²) >= 11 is 0. The Kier molecular flexibility index (Phi) is 4.96. The molecule has 0 aliphatic carbocycles. The number of sulfonamides is 1. The summed E-state index contributed by atoms with van der Waals surface area (Å²) in [4.78, 5) is 14.4. The summed E-state index contributed by atoms with van der Waals surface area (Å²) in [7, 11) is -3.67. The summed E-state index contributed by atoms with van der Waals surface area (Å²) in [5.74, 6) is -0.111. The van der Waals surface area contributed by atoms with Crippen molar-refractivity contribution in [3.05, 3.63) is 53.3 Å². The Bertz CT molecular complexity index is 887. The van der Waals surface area contributed by atoms with Crippen LogP contribution in [0.1, 0.15) is 35.0 Å². The minimum atomic E-state index is -3.67. The number of hydrogen-bond acceptors (Lipinski definition) is 3. The van der Waals surface area contributed by atoms with Crippen LogP contribution in [0.3, 0.4) is 0 Å². The molecule has 1 amide bonds. The molecule has 1 aliphatic rings. The Morgan fingerprint density at radius 3 is 2.72 bits per heavy atom. The Balaban J connectivity index is 1.82. The fourth-order valence-corrected chi connectivity index (χ4v) is 4.13. The van der Waals surface area contributed by atoms with Crippen molar-refractivity contribution in [1.82, 2.24) is 14.2 Å². The van der Waals surface area contributed by atoms with E-state index < -0.39 is 10.0 Å². The van der Waals surface area contributed by atoms with Gasteiger partial charge in [-0.1, -0.05) is 29.8 Å². The smallest absolute Gasteiger partial charge is 0.270 e. The highest BCUT2D eigenvalue weighted by atomic mass is 32.2. The molecule has 6 nitrogen and oxygen atoms in total. The minimum absolute atomic E-state index is 0.111. The minimum Gasteiger partial charge on any atom is -0.342 e. The summed E-state index contributed by atoms with van der Waals surface area (Å²) in [6, 6.07) is 9.17. The zero-order valence-corrected chi connectivity index (χ0v) is 15.3. The molecule has 3 rings (SSSR count).